The molecule has 1 aliphatic heterocycles. The van der Waals surface area contributed by atoms with Crippen LogP contribution in [0.15, 0.2) is 18.2 Å². The fourth-order valence-corrected chi connectivity index (χ4v) is 2.65. The van der Waals surface area contributed by atoms with Gasteiger partial charge in [-0.3, -0.25) is 4.79 Å². The topological polar surface area (TPSA) is 20.3 Å². The average Bonchev–Trinajstić information content (AvgIpc) is 2.36. The molecule has 0 saturated heterocycles. The number of fused-ring (bicyclic) bond motifs is 1. The first kappa shape index (κ1) is 13.1. The summed E-state index contributed by atoms with van der Waals surface area (Å²) >= 11 is 0. The smallest absolute Gasteiger partial charge is 0.165 e. The predicted octanol–water partition coefficient (Wildman–Crippen LogP) is 3.69. The van der Waals surface area contributed by atoms with E-state index in [9.17, 15) is 4.79 Å². The van der Waals surface area contributed by atoms with E-state index in [1.165, 1.54) is 17.7 Å². The average molecular weight is 245 g/mol. The van der Waals surface area contributed by atoms with E-state index in [4.69, 9.17) is 0 Å². The number of hydrogen-bond acceptors (Lipinski definition) is 2. The summed E-state index contributed by atoms with van der Waals surface area (Å²) in [5.41, 5.74) is 3.52. The molecule has 0 spiro atoms. The van der Waals surface area contributed by atoms with Crippen molar-refractivity contribution in [2.75, 3.05) is 11.4 Å². The number of nitrogens with zero attached hydrogens (tertiary/aromatic N) is 1. The van der Waals surface area contributed by atoms with E-state index >= 15 is 0 Å². The second-order valence-electron chi connectivity index (χ2n) is 5.75. The van der Waals surface area contributed by atoms with Crippen LogP contribution in [0.25, 0.3) is 0 Å². The Morgan fingerprint density at radius 3 is 2.56 bits per heavy atom. The summed E-state index contributed by atoms with van der Waals surface area (Å²) in [5, 5.41) is 0. The molecule has 0 radical (unpaired) electrons. The minimum Gasteiger partial charge on any atom is -0.369 e. The first-order valence-electron chi connectivity index (χ1n) is 6.94. The molecule has 0 N–H and O–H groups in total. The number of Topliss-reactive ketones (excluding diaryl/α,β-unsaturated/α-hetero) is 1. The molecule has 0 bridgehead atoms. The van der Waals surface area contributed by atoms with Crippen molar-refractivity contribution < 1.29 is 4.79 Å². The van der Waals surface area contributed by atoms with Crippen molar-refractivity contribution in [3.05, 3.63) is 29.3 Å². The van der Waals surface area contributed by atoms with Crippen LogP contribution in [-0.4, -0.2) is 18.4 Å². The van der Waals surface area contributed by atoms with Crippen LogP contribution in [0.2, 0.25) is 0 Å². The van der Waals surface area contributed by atoms with E-state index in [1.54, 1.807) is 0 Å². The van der Waals surface area contributed by atoms with Gasteiger partial charge in [0.15, 0.2) is 5.78 Å². The molecule has 0 amide bonds. The maximum Gasteiger partial charge on any atom is 0.165 e. The zero-order valence-electron chi connectivity index (χ0n) is 11.9. The largest absolute Gasteiger partial charge is 0.369 e. The monoisotopic (exact) mass is 245 g/mol. The van der Waals surface area contributed by atoms with Crippen LogP contribution in [0.3, 0.4) is 0 Å². The van der Waals surface area contributed by atoms with Crippen LogP contribution in [0, 0.1) is 5.92 Å². The van der Waals surface area contributed by atoms with Gasteiger partial charge in [0.1, 0.15) is 0 Å². The molecule has 0 saturated carbocycles. The van der Waals surface area contributed by atoms with E-state index in [0.717, 1.165) is 18.5 Å². The molecule has 1 heterocycles. The Morgan fingerprint density at radius 1 is 1.22 bits per heavy atom. The fourth-order valence-electron chi connectivity index (χ4n) is 2.65. The fraction of sp³-hybridized carbons (Fsp3) is 0.562. The van der Waals surface area contributed by atoms with Gasteiger partial charge in [-0.05, 0) is 50.5 Å². The van der Waals surface area contributed by atoms with Crippen molar-refractivity contribution in [3.63, 3.8) is 0 Å². The lowest BCUT2D eigenvalue weighted by Gasteiger charge is -2.35. The Kier molecular flexibility index (Phi) is 3.74. The third kappa shape index (κ3) is 2.43. The molecule has 1 aromatic carbocycles. The van der Waals surface area contributed by atoms with Gasteiger partial charge >= 0.3 is 0 Å². The minimum absolute atomic E-state index is 0.0767. The van der Waals surface area contributed by atoms with Crippen molar-refractivity contribution in [2.24, 2.45) is 5.92 Å². The summed E-state index contributed by atoms with van der Waals surface area (Å²) < 4.78 is 0. The van der Waals surface area contributed by atoms with E-state index < -0.39 is 0 Å². The molecular weight excluding hydrogens is 222 g/mol. The normalized spacial score (nSPS) is 15.1. The quantitative estimate of drug-likeness (QED) is 0.757. The van der Waals surface area contributed by atoms with Gasteiger partial charge in [-0.1, -0.05) is 13.8 Å². The van der Waals surface area contributed by atoms with Crippen LogP contribution < -0.4 is 4.90 Å². The number of anilines is 1. The third-order valence-electron chi connectivity index (χ3n) is 3.67. The van der Waals surface area contributed by atoms with Gasteiger partial charge in [-0.2, -0.15) is 0 Å². The highest BCUT2D eigenvalue weighted by atomic mass is 16.1. The molecule has 0 aromatic heterocycles. The molecular formula is C16H23NO. The Balaban J connectivity index is 2.35. The Bertz CT molecular complexity index is 448. The lowest BCUT2D eigenvalue weighted by molar-refractivity contribution is 0.0939. The lowest BCUT2D eigenvalue weighted by Crippen LogP contribution is -2.35. The van der Waals surface area contributed by atoms with Gasteiger partial charge in [0, 0.05) is 29.8 Å². The molecule has 2 nitrogen and oxygen atoms in total. The first-order valence-corrected chi connectivity index (χ1v) is 6.94. The molecule has 0 atom stereocenters. The molecule has 0 fully saturated rings. The van der Waals surface area contributed by atoms with Gasteiger partial charge < -0.3 is 4.90 Å². The third-order valence-corrected chi connectivity index (χ3v) is 3.67. The van der Waals surface area contributed by atoms with Crippen molar-refractivity contribution in [1.29, 1.82) is 0 Å². The van der Waals surface area contributed by atoms with Crippen LogP contribution in [-0.2, 0) is 6.42 Å². The zero-order valence-corrected chi connectivity index (χ0v) is 11.9. The highest BCUT2D eigenvalue weighted by Crippen LogP contribution is 2.30. The van der Waals surface area contributed by atoms with Gasteiger partial charge in [0.2, 0.25) is 0 Å². The van der Waals surface area contributed by atoms with Gasteiger partial charge in [-0.25, -0.2) is 0 Å². The lowest BCUT2D eigenvalue weighted by atomic mass is 9.94. The molecule has 0 unspecified atom stereocenters. The van der Waals surface area contributed by atoms with E-state index in [1.807, 2.05) is 19.9 Å². The molecule has 2 heteroatoms. The minimum atomic E-state index is 0.0767. The number of rotatable bonds is 3. The predicted molar refractivity (Wildman–Crippen MR) is 76.4 cm³/mol. The van der Waals surface area contributed by atoms with Crippen LogP contribution >= 0.6 is 0 Å². The van der Waals surface area contributed by atoms with E-state index in [2.05, 4.69) is 30.9 Å². The number of ketones is 1. The molecule has 0 aliphatic carbocycles. The molecule has 2 rings (SSSR count). The highest BCUT2D eigenvalue weighted by molar-refractivity contribution is 5.98. The number of carbonyl (C=O) groups excluding carboxylic acids is 1. The SMILES string of the molecule is CC(C)C(=O)c1ccc2c(c1)CCCN2C(C)C. The molecule has 98 valence electrons. The maximum absolute atomic E-state index is 12.0. The summed E-state index contributed by atoms with van der Waals surface area (Å²) in [6.45, 7) is 9.50. The Hall–Kier alpha value is -1.31. The summed E-state index contributed by atoms with van der Waals surface area (Å²) in [6, 6.07) is 6.74. The van der Waals surface area contributed by atoms with Crippen LogP contribution in [0.4, 0.5) is 5.69 Å². The summed E-state index contributed by atoms with van der Waals surface area (Å²) in [7, 11) is 0. The standard InChI is InChI=1S/C16H23NO/c1-11(2)16(18)14-7-8-15-13(10-14)6-5-9-17(15)12(3)4/h7-8,10-12H,5-6,9H2,1-4H3. The van der Waals surface area contributed by atoms with Crippen molar-refractivity contribution in [2.45, 2.75) is 46.6 Å². The second kappa shape index (κ2) is 5.13. The summed E-state index contributed by atoms with van der Waals surface area (Å²) in [5.74, 6) is 0.326. The first-order chi connectivity index (χ1) is 8.50. The van der Waals surface area contributed by atoms with Crippen molar-refractivity contribution >= 4 is 11.5 Å². The van der Waals surface area contributed by atoms with Gasteiger partial charge in [0.05, 0.1) is 0 Å². The highest BCUT2D eigenvalue weighted by Gasteiger charge is 2.20. The molecule has 1 aliphatic rings. The van der Waals surface area contributed by atoms with Crippen LogP contribution in [0.5, 0.6) is 0 Å². The Morgan fingerprint density at radius 2 is 1.94 bits per heavy atom. The van der Waals surface area contributed by atoms with Crippen molar-refractivity contribution in [3.8, 4) is 0 Å². The number of hydrogen-bond donors (Lipinski definition) is 0. The number of benzene rings is 1. The maximum atomic E-state index is 12.0. The number of carbonyl (C=O) groups is 1. The second-order valence-corrected chi connectivity index (χ2v) is 5.75. The molecule has 1 aromatic rings. The Labute approximate surface area is 110 Å². The summed E-state index contributed by atoms with van der Waals surface area (Å²) in [6.07, 6.45) is 2.28. The number of aryl methyl sites for hydroxylation is 1. The summed E-state index contributed by atoms with van der Waals surface area (Å²) in [4.78, 5) is 14.5. The molecule has 18 heavy (non-hydrogen) atoms. The van der Waals surface area contributed by atoms with E-state index in [0.29, 0.717) is 6.04 Å². The van der Waals surface area contributed by atoms with E-state index in [-0.39, 0.29) is 11.7 Å². The van der Waals surface area contributed by atoms with Crippen LogP contribution in [0.1, 0.15) is 50.0 Å². The zero-order chi connectivity index (χ0) is 13.3. The van der Waals surface area contributed by atoms with Crippen molar-refractivity contribution in [1.82, 2.24) is 0 Å². The van der Waals surface area contributed by atoms with Gasteiger partial charge in [0.25, 0.3) is 0 Å². The van der Waals surface area contributed by atoms with Gasteiger partial charge in [-0.15, -0.1) is 0 Å².